The first-order valence-electron chi connectivity index (χ1n) is 10.7. The summed E-state index contributed by atoms with van der Waals surface area (Å²) in [5.41, 5.74) is 1.96. The zero-order chi connectivity index (χ0) is 25.3. The maximum absolute atomic E-state index is 12.9. The lowest BCUT2D eigenvalue weighted by Crippen LogP contribution is -2.26. The summed E-state index contributed by atoms with van der Waals surface area (Å²) in [7, 11) is -2.50. The second kappa shape index (κ2) is 9.19. The molecule has 1 aliphatic rings. The molecule has 4 aromatic rings. The summed E-state index contributed by atoms with van der Waals surface area (Å²) < 4.78 is 38.7. The molecular formula is C23H20N6O6S. The molecule has 0 bridgehead atoms. The summed E-state index contributed by atoms with van der Waals surface area (Å²) >= 11 is 0. The van der Waals surface area contributed by atoms with Crippen LogP contribution in [0.5, 0.6) is 11.5 Å². The van der Waals surface area contributed by atoms with Crippen LogP contribution in [-0.4, -0.2) is 48.9 Å². The highest BCUT2D eigenvalue weighted by atomic mass is 32.2. The number of anilines is 2. The van der Waals surface area contributed by atoms with Crippen LogP contribution >= 0.6 is 0 Å². The number of aromatic amines is 1. The molecule has 1 aliphatic heterocycles. The average molecular weight is 509 g/mol. The van der Waals surface area contributed by atoms with Crippen molar-refractivity contribution in [2.75, 3.05) is 23.8 Å². The number of nitrogens with one attached hydrogen (secondary N) is 4. The number of sulfonamides is 1. The Morgan fingerprint density at radius 3 is 2.89 bits per heavy atom. The van der Waals surface area contributed by atoms with Gasteiger partial charge in [-0.2, -0.15) is 0 Å². The smallest absolute Gasteiger partial charge is 0.272 e. The number of carbonyl (C=O) groups excluding carboxylic acids is 2. The summed E-state index contributed by atoms with van der Waals surface area (Å²) in [6.45, 7) is 0.115. The molecular weight excluding hydrogens is 488 g/mol. The molecule has 2 aromatic heterocycles. The number of ether oxygens (including phenoxy) is 2. The molecule has 0 saturated carbocycles. The van der Waals surface area contributed by atoms with Crippen LogP contribution < -0.4 is 24.8 Å². The van der Waals surface area contributed by atoms with Gasteiger partial charge in [0.05, 0.1) is 28.9 Å². The first-order chi connectivity index (χ1) is 17.3. The number of aromatic nitrogens is 3. The standard InChI is InChI=1S/C23H20N6O6S/c1-34-14-3-2-4-15(8-14)36(32,33)29-17-10-24-21-20(17)26-12-27-22(21)23(31)25-9-13-5-6-18-16(7-13)28-19(30)11-35-18/h2-8,10,12,24,29H,9,11H2,1H3,(H,25,31)(H,28,30). The minimum absolute atomic E-state index is 0.00913. The van der Waals surface area contributed by atoms with Crippen LogP contribution in [0.4, 0.5) is 11.4 Å². The van der Waals surface area contributed by atoms with Crippen molar-refractivity contribution in [3.8, 4) is 11.5 Å². The van der Waals surface area contributed by atoms with E-state index in [9.17, 15) is 18.0 Å². The van der Waals surface area contributed by atoms with E-state index in [0.717, 1.165) is 5.56 Å². The maximum Gasteiger partial charge on any atom is 0.272 e. The van der Waals surface area contributed by atoms with E-state index in [-0.39, 0.29) is 46.4 Å². The third kappa shape index (κ3) is 4.51. The van der Waals surface area contributed by atoms with Crippen molar-refractivity contribution < 1.29 is 27.5 Å². The number of rotatable bonds is 7. The Kier molecular flexibility index (Phi) is 5.90. The second-order valence-corrected chi connectivity index (χ2v) is 9.47. The number of H-pyrrole nitrogens is 1. The normalized spacial score (nSPS) is 12.9. The predicted molar refractivity (Wildman–Crippen MR) is 129 cm³/mol. The van der Waals surface area contributed by atoms with Gasteiger partial charge in [-0.15, -0.1) is 0 Å². The monoisotopic (exact) mass is 508 g/mol. The van der Waals surface area contributed by atoms with E-state index in [4.69, 9.17) is 9.47 Å². The van der Waals surface area contributed by atoms with E-state index in [1.807, 2.05) is 0 Å². The molecule has 0 aliphatic carbocycles. The van der Waals surface area contributed by atoms with E-state index in [1.165, 1.54) is 31.8 Å². The van der Waals surface area contributed by atoms with Gasteiger partial charge in [0, 0.05) is 18.8 Å². The number of amides is 2. The van der Waals surface area contributed by atoms with Crippen molar-refractivity contribution in [3.63, 3.8) is 0 Å². The lowest BCUT2D eigenvalue weighted by molar-refractivity contribution is -0.118. The number of carbonyl (C=O) groups is 2. The SMILES string of the molecule is COc1cccc(S(=O)(=O)Nc2c[nH]c3c(C(=O)NCc4ccc5c(c4)NC(=O)CO5)ncnc23)c1. The van der Waals surface area contributed by atoms with Gasteiger partial charge in [0.25, 0.3) is 21.8 Å². The zero-order valence-electron chi connectivity index (χ0n) is 18.9. The fourth-order valence-electron chi connectivity index (χ4n) is 3.67. The molecule has 2 aromatic carbocycles. The van der Waals surface area contributed by atoms with Crippen molar-refractivity contribution in [1.82, 2.24) is 20.3 Å². The Labute approximate surface area is 205 Å². The van der Waals surface area contributed by atoms with Crippen LogP contribution in [0.2, 0.25) is 0 Å². The molecule has 5 rings (SSSR count). The van der Waals surface area contributed by atoms with E-state index in [0.29, 0.717) is 17.2 Å². The largest absolute Gasteiger partial charge is 0.497 e. The number of fused-ring (bicyclic) bond motifs is 2. The number of methoxy groups -OCH3 is 1. The molecule has 184 valence electrons. The van der Waals surface area contributed by atoms with E-state index in [1.54, 1.807) is 30.3 Å². The van der Waals surface area contributed by atoms with Gasteiger partial charge in [0.1, 0.15) is 23.3 Å². The van der Waals surface area contributed by atoms with Crippen LogP contribution in [0, 0.1) is 0 Å². The van der Waals surface area contributed by atoms with Crippen molar-refractivity contribution in [3.05, 3.63) is 66.2 Å². The van der Waals surface area contributed by atoms with Gasteiger partial charge >= 0.3 is 0 Å². The maximum atomic E-state index is 12.9. The summed E-state index contributed by atoms with van der Waals surface area (Å²) in [5.74, 6) is 0.200. The predicted octanol–water partition coefficient (Wildman–Crippen LogP) is 2.03. The molecule has 0 atom stereocenters. The highest BCUT2D eigenvalue weighted by Gasteiger charge is 2.21. The summed E-state index contributed by atoms with van der Waals surface area (Å²) in [6, 6.07) is 11.2. The van der Waals surface area contributed by atoms with Crippen molar-refractivity contribution in [1.29, 1.82) is 0 Å². The molecule has 0 spiro atoms. The topological polar surface area (TPSA) is 164 Å². The molecule has 12 nitrogen and oxygen atoms in total. The minimum Gasteiger partial charge on any atom is -0.497 e. The molecule has 13 heteroatoms. The van der Waals surface area contributed by atoms with Crippen LogP contribution in [0.15, 0.2) is 59.9 Å². The highest BCUT2D eigenvalue weighted by Crippen LogP contribution is 2.29. The molecule has 0 radical (unpaired) electrons. The first kappa shape index (κ1) is 23.1. The van der Waals surface area contributed by atoms with Gasteiger partial charge < -0.3 is 25.1 Å². The molecule has 0 saturated heterocycles. The van der Waals surface area contributed by atoms with E-state index >= 15 is 0 Å². The molecule has 4 N–H and O–H groups in total. The van der Waals surface area contributed by atoms with Crippen LogP contribution in [-0.2, 0) is 21.4 Å². The second-order valence-electron chi connectivity index (χ2n) is 7.78. The van der Waals surface area contributed by atoms with Crippen molar-refractivity contribution in [2.45, 2.75) is 11.4 Å². The average Bonchev–Trinajstić information content (AvgIpc) is 3.29. The van der Waals surface area contributed by atoms with Crippen LogP contribution in [0.1, 0.15) is 16.1 Å². The van der Waals surface area contributed by atoms with Gasteiger partial charge in [0.15, 0.2) is 12.3 Å². The van der Waals surface area contributed by atoms with Gasteiger partial charge in [-0.05, 0) is 29.8 Å². The third-order valence-electron chi connectivity index (χ3n) is 5.40. The Bertz CT molecular complexity index is 1600. The lowest BCUT2D eigenvalue weighted by atomic mass is 10.1. The molecule has 0 fully saturated rings. The van der Waals surface area contributed by atoms with Crippen LogP contribution in [0.25, 0.3) is 11.0 Å². The van der Waals surface area contributed by atoms with Gasteiger partial charge in [-0.3, -0.25) is 14.3 Å². The van der Waals surface area contributed by atoms with Crippen LogP contribution in [0.3, 0.4) is 0 Å². The third-order valence-corrected chi connectivity index (χ3v) is 6.77. The minimum atomic E-state index is -3.95. The quantitative estimate of drug-likeness (QED) is 0.294. The molecule has 2 amide bonds. The Morgan fingerprint density at radius 1 is 1.19 bits per heavy atom. The summed E-state index contributed by atoms with van der Waals surface area (Å²) in [5, 5.41) is 5.48. The van der Waals surface area contributed by atoms with Crippen molar-refractivity contribution in [2.24, 2.45) is 0 Å². The molecule has 3 heterocycles. The van der Waals surface area contributed by atoms with Gasteiger partial charge in [-0.25, -0.2) is 18.4 Å². The van der Waals surface area contributed by atoms with Gasteiger partial charge in [0.2, 0.25) is 0 Å². The summed E-state index contributed by atoms with van der Waals surface area (Å²) in [6.07, 6.45) is 2.58. The number of nitrogens with zero attached hydrogens (tertiary/aromatic N) is 2. The number of hydrogen-bond donors (Lipinski definition) is 4. The summed E-state index contributed by atoms with van der Waals surface area (Å²) in [4.78, 5) is 35.5. The number of benzene rings is 2. The molecule has 36 heavy (non-hydrogen) atoms. The molecule has 0 unspecified atom stereocenters. The highest BCUT2D eigenvalue weighted by molar-refractivity contribution is 7.92. The number of hydrogen-bond acceptors (Lipinski definition) is 8. The Morgan fingerprint density at radius 2 is 2.06 bits per heavy atom. The van der Waals surface area contributed by atoms with E-state index < -0.39 is 15.9 Å². The fourth-order valence-corrected chi connectivity index (χ4v) is 4.76. The fraction of sp³-hybridized carbons (Fsp3) is 0.130. The van der Waals surface area contributed by atoms with Gasteiger partial charge in [-0.1, -0.05) is 12.1 Å². The van der Waals surface area contributed by atoms with Crippen molar-refractivity contribution >= 4 is 44.2 Å². The Balaban J connectivity index is 1.34. The zero-order valence-corrected chi connectivity index (χ0v) is 19.7. The van der Waals surface area contributed by atoms with E-state index in [2.05, 4.69) is 30.3 Å². The first-order valence-corrected chi connectivity index (χ1v) is 12.1. The lowest BCUT2D eigenvalue weighted by Gasteiger charge is -2.18. The Hall–Kier alpha value is -4.65.